The molecule has 3 aromatic rings. The molecule has 1 aromatic heterocycles. The number of halogens is 1. The minimum Gasteiger partial charge on any atom is -0.454 e. The molecule has 28 heavy (non-hydrogen) atoms. The molecule has 2 aromatic carbocycles. The van der Waals surface area contributed by atoms with Gasteiger partial charge in [0.2, 0.25) is 12.7 Å². The van der Waals surface area contributed by atoms with Crippen molar-refractivity contribution in [2.75, 3.05) is 6.79 Å². The van der Waals surface area contributed by atoms with Crippen LogP contribution in [0.1, 0.15) is 16.1 Å². The number of nitrogens with one attached hydrogen (secondary N) is 1. The summed E-state index contributed by atoms with van der Waals surface area (Å²) in [6.07, 6.45) is 3.24. The summed E-state index contributed by atoms with van der Waals surface area (Å²) in [7, 11) is 0. The van der Waals surface area contributed by atoms with Gasteiger partial charge in [-0.05, 0) is 36.8 Å². The highest BCUT2D eigenvalue weighted by atomic mass is 35.5. The van der Waals surface area contributed by atoms with Gasteiger partial charge in [-0.25, -0.2) is 4.98 Å². The minimum atomic E-state index is -0.176. The van der Waals surface area contributed by atoms with E-state index in [0.29, 0.717) is 17.3 Å². The molecule has 0 spiro atoms. The van der Waals surface area contributed by atoms with Gasteiger partial charge in [-0.2, -0.15) is 0 Å². The molecule has 1 aliphatic rings. The summed E-state index contributed by atoms with van der Waals surface area (Å²) in [5.41, 5.74) is 2.66. The summed E-state index contributed by atoms with van der Waals surface area (Å²) >= 11 is 7.79. The lowest BCUT2D eigenvalue weighted by Crippen LogP contribution is -2.20. The Morgan fingerprint density at radius 2 is 2.07 bits per heavy atom. The molecule has 0 saturated heterocycles. The number of benzene rings is 2. The lowest BCUT2D eigenvalue weighted by atomic mass is 10.2. The number of carbonyl (C=O) groups is 1. The van der Waals surface area contributed by atoms with Gasteiger partial charge in [0.1, 0.15) is 5.01 Å². The van der Waals surface area contributed by atoms with Crippen molar-refractivity contribution >= 4 is 34.9 Å². The number of hydrogen-bond acceptors (Lipinski definition) is 5. The molecule has 0 fully saturated rings. The predicted molar refractivity (Wildman–Crippen MR) is 111 cm³/mol. The zero-order chi connectivity index (χ0) is 19.5. The van der Waals surface area contributed by atoms with Crippen molar-refractivity contribution in [2.24, 2.45) is 0 Å². The molecule has 142 valence electrons. The number of fused-ring (bicyclic) bond motifs is 1. The van der Waals surface area contributed by atoms with Crippen molar-refractivity contribution in [1.82, 2.24) is 10.3 Å². The quantitative estimate of drug-likeness (QED) is 0.610. The third kappa shape index (κ3) is 4.03. The van der Waals surface area contributed by atoms with E-state index in [1.165, 1.54) is 17.4 Å². The molecule has 7 heteroatoms. The van der Waals surface area contributed by atoms with Crippen LogP contribution in [-0.2, 0) is 11.3 Å². The molecular weight excluding hydrogens is 396 g/mol. The Bertz CT molecular complexity index is 1060. The summed E-state index contributed by atoms with van der Waals surface area (Å²) in [4.78, 5) is 17.8. The highest BCUT2D eigenvalue weighted by Gasteiger charge is 2.13. The van der Waals surface area contributed by atoms with Gasteiger partial charge >= 0.3 is 0 Å². The number of ether oxygens (including phenoxy) is 2. The molecule has 1 amide bonds. The second-order valence-corrected chi connectivity index (χ2v) is 7.66. The van der Waals surface area contributed by atoms with Crippen molar-refractivity contribution in [3.8, 4) is 22.1 Å². The molecule has 0 saturated carbocycles. The fraction of sp³-hybridized carbons (Fsp3) is 0.143. The second-order valence-electron chi connectivity index (χ2n) is 6.17. The van der Waals surface area contributed by atoms with E-state index in [1.807, 2.05) is 49.4 Å². The summed E-state index contributed by atoms with van der Waals surface area (Å²) in [6, 6.07) is 13.2. The largest absolute Gasteiger partial charge is 0.454 e. The average Bonchev–Trinajstić information content (AvgIpc) is 3.31. The molecule has 4 rings (SSSR count). The number of aryl methyl sites for hydroxylation is 1. The Kier molecular flexibility index (Phi) is 5.32. The maximum absolute atomic E-state index is 12.2. The Hall–Kier alpha value is -2.83. The van der Waals surface area contributed by atoms with E-state index in [2.05, 4.69) is 10.3 Å². The molecular formula is C21H17ClN2O3S. The molecule has 0 aliphatic carbocycles. The predicted octanol–water partition coefficient (Wildman–Crippen LogP) is 4.83. The number of hydrogen-bond donors (Lipinski definition) is 1. The van der Waals surface area contributed by atoms with Crippen molar-refractivity contribution < 1.29 is 14.3 Å². The van der Waals surface area contributed by atoms with E-state index >= 15 is 0 Å². The van der Waals surface area contributed by atoms with Crippen molar-refractivity contribution in [3.05, 3.63) is 69.7 Å². The summed E-state index contributed by atoms with van der Waals surface area (Å²) in [5, 5.41) is 4.41. The standard InChI is InChI=1S/C21H17ClN2O3S/c1-13-19(28-21(24-13)15-4-2-3-5-16(15)22)11-23-20(25)9-7-14-6-8-17-18(10-14)27-12-26-17/h2-10H,11-12H2,1H3,(H,23,25). The van der Waals surface area contributed by atoms with E-state index in [0.717, 1.165) is 32.5 Å². The van der Waals surface area contributed by atoms with E-state index in [-0.39, 0.29) is 12.7 Å². The first kappa shape index (κ1) is 18.5. The smallest absolute Gasteiger partial charge is 0.244 e. The Morgan fingerprint density at radius 3 is 2.93 bits per heavy atom. The third-order valence-corrected chi connectivity index (χ3v) is 5.76. The molecule has 2 heterocycles. The second kappa shape index (κ2) is 8.04. The number of thiazole rings is 1. The van der Waals surface area contributed by atoms with Crippen molar-refractivity contribution in [2.45, 2.75) is 13.5 Å². The number of carbonyl (C=O) groups excluding carboxylic acids is 1. The van der Waals surface area contributed by atoms with Gasteiger partial charge in [0, 0.05) is 16.5 Å². The Balaban J connectivity index is 1.39. The first-order valence-electron chi connectivity index (χ1n) is 8.67. The number of nitrogens with zero attached hydrogens (tertiary/aromatic N) is 1. The van der Waals surface area contributed by atoms with E-state index < -0.39 is 0 Å². The van der Waals surface area contributed by atoms with Gasteiger partial charge in [0.25, 0.3) is 0 Å². The van der Waals surface area contributed by atoms with Crippen LogP contribution >= 0.6 is 22.9 Å². The Labute approximate surface area is 171 Å². The highest BCUT2D eigenvalue weighted by molar-refractivity contribution is 7.15. The summed E-state index contributed by atoms with van der Waals surface area (Å²) in [5.74, 6) is 1.23. The first-order valence-corrected chi connectivity index (χ1v) is 9.86. The SMILES string of the molecule is Cc1nc(-c2ccccc2Cl)sc1CNC(=O)C=Cc1ccc2c(c1)OCO2. The average molecular weight is 413 g/mol. The molecule has 1 aliphatic heterocycles. The maximum Gasteiger partial charge on any atom is 0.244 e. The fourth-order valence-corrected chi connectivity index (χ4v) is 4.08. The minimum absolute atomic E-state index is 0.176. The van der Waals surface area contributed by atoms with Crippen LogP contribution in [0.2, 0.25) is 5.02 Å². The monoisotopic (exact) mass is 412 g/mol. The normalized spacial score (nSPS) is 12.5. The van der Waals surface area contributed by atoms with Crippen LogP contribution in [0.3, 0.4) is 0 Å². The first-order chi connectivity index (χ1) is 13.6. The molecule has 0 bridgehead atoms. The van der Waals surface area contributed by atoms with Gasteiger partial charge in [-0.3, -0.25) is 4.79 Å². The summed E-state index contributed by atoms with van der Waals surface area (Å²) < 4.78 is 10.6. The molecule has 0 unspecified atom stereocenters. The van der Waals surface area contributed by atoms with Gasteiger partial charge in [-0.1, -0.05) is 35.9 Å². The third-order valence-electron chi connectivity index (χ3n) is 4.24. The van der Waals surface area contributed by atoms with Crippen LogP contribution in [0.15, 0.2) is 48.5 Å². The van der Waals surface area contributed by atoms with E-state index in [9.17, 15) is 4.79 Å². The van der Waals surface area contributed by atoms with Crippen LogP contribution in [0.4, 0.5) is 0 Å². The highest BCUT2D eigenvalue weighted by Crippen LogP contribution is 2.33. The van der Waals surface area contributed by atoms with E-state index in [4.69, 9.17) is 21.1 Å². The lowest BCUT2D eigenvalue weighted by Gasteiger charge is -2.01. The Morgan fingerprint density at radius 1 is 1.25 bits per heavy atom. The lowest BCUT2D eigenvalue weighted by molar-refractivity contribution is -0.116. The van der Waals surface area contributed by atoms with Crippen LogP contribution in [0.25, 0.3) is 16.6 Å². The van der Waals surface area contributed by atoms with Crippen molar-refractivity contribution in [3.63, 3.8) is 0 Å². The van der Waals surface area contributed by atoms with Gasteiger partial charge in [0.15, 0.2) is 11.5 Å². The van der Waals surface area contributed by atoms with Gasteiger partial charge < -0.3 is 14.8 Å². The fourth-order valence-electron chi connectivity index (χ4n) is 2.76. The maximum atomic E-state index is 12.2. The zero-order valence-electron chi connectivity index (χ0n) is 15.1. The van der Waals surface area contributed by atoms with E-state index in [1.54, 1.807) is 6.08 Å². The topological polar surface area (TPSA) is 60.5 Å². The molecule has 1 N–H and O–H groups in total. The van der Waals surface area contributed by atoms with Gasteiger partial charge in [0.05, 0.1) is 17.3 Å². The van der Waals surface area contributed by atoms with Crippen LogP contribution < -0.4 is 14.8 Å². The molecule has 0 radical (unpaired) electrons. The number of amides is 1. The van der Waals surface area contributed by atoms with Crippen LogP contribution in [0.5, 0.6) is 11.5 Å². The molecule has 0 atom stereocenters. The van der Waals surface area contributed by atoms with Crippen LogP contribution in [-0.4, -0.2) is 17.7 Å². The zero-order valence-corrected chi connectivity index (χ0v) is 16.6. The summed E-state index contributed by atoms with van der Waals surface area (Å²) in [6.45, 7) is 2.58. The number of rotatable bonds is 5. The van der Waals surface area contributed by atoms with Crippen molar-refractivity contribution in [1.29, 1.82) is 0 Å². The van der Waals surface area contributed by atoms with Gasteiger partial charge in [-0.15, -0.1) is 11.3 Å². The van der Waals surface area contributed by atoms with Crippen LogP contribution in [0, 0.1) is 6.92 Å². The number of aromatic nitrogens is 1. The molecule has 5 nitrogen and oxygen atoms in total.